The van der Waals surface area contributed by atoms with E-state index in [9.17, 15) is 31.1 Å². The van der Waals surface area contributed by atoms with Crippen molar-refractivity contribution in [1.29, 1.82) is 0 Å². The Morgan fingerprint density at radius 3 is 2.37 bits per heavy atom. The second-order valence-electron chi connectivity index (χ2n) is 10.4. The second kappa shape index (κ2) is 13.0. The second-order valence-corrected chi connectivity index (χ2v) is 11.4. The maximum Gasteiger partial charge on any atom is 0.416 e. The van der Waals surface area contributed by atoms with Crippen molar-refractivity contribution in [3.8, 4) is 0 Å². The van der Waals surface area contributed by atoms with Crippen molar-refractivity contribution < 1.29 is 31.1 Å². The average molecular weight is 592 g/mol. The molecule has 6 nitrogen and oxygen atoms in total. The van der Waals surface area contributed by atoms with Gasteiger partial charge in [-0.25, -0.2) is 8.60 Å². The Morgan fingerprint density at radius 1 is 1.10 bits per heavy atom. The monoisotopic (exact) mass is 591 g/mol. The first kappa shape index (κ1) is 30.5. The smallest absolute Gasteiger partial charge is 0.371 e. The molecule has 1 aliphatic heterocycles. The van der Waals surface area contributed by atoms with E-state index in [1.54, 1.807) is 0 Å². The number of carbonyl (C=O) groups excluding carboxylic acids is 1. The van der Waals surface area contributed by atoms with Crippen LogP contribution in [-0.4, -0.2) is 34.8 Å². The van der Waals surface area contributed by atoms with Crippen molar-refractivity contribution in [1.82, 2.24) is 0 Å². The van der Waals surface area contributed by atoms with Crippen LogP contribution < -0.4 is 14.9 Å². The predicted molar refractivity (Wildman–Crippen MR) is 152 cm³/mol. The van der Waals surface area contributed by atoms with Crippen molar-refractivity contribution >= 4 is 28.5 Å². The van der Waals surface area contributed by atoms with Crippen LogP contribution in [0.4, 0.5) is 28.9 Å². The number of alkyl halides is 3. The molecule has 1 fully saturated rings. The van der Waals surface area contributed by atoms with Crippen molar-refractivity contribution in [2.75, 3.05) is 29.3 Å². The van der Waals surface area contributed by atoms with E-state index in [4.69, 9.17) is 5.73 Å². The van der Waals surface area contributed by atoms with Crippen LogP contribution in [-0.2, 0) is 35.1 Å². The van der Waals surface area contributed by atoms with Gasteiger partial charge in [0.05, 0.1) is 17.2 Å². The maximum atomic E-state index is 14.7. The zero-order valence-corrected chi connectivity index (χ0v) is 23.4. The van der Waals surface area contributed by atoms with Gasteiger partial charge in [-0.05, 0) is 79.0 Å². The molecule has 11 heteroatoms. The molecule has 0 radical (unpaired) electrons. The van der Waals surface area contributed by atoms with Crippen LogP contribution >= 0.6 is 0 Å². The predicted octanol–water partition coefficient (Wildman–Crippen LogP) is 6.08. The Bertz CT molecular complexity index is 1380. The molecule has 41 heavy (non-hydrogen) atoms. The van der Waals surface area contributed by atoms with Gasteiger partial charge in [-0.2, -0.15) is 13.2 Å². The van der Waals surface area contributed by atoms with Crippen LogP contribution in [0, 0.1) is 11.7 Å². The Hall–Kier alpha value is -3.44. The maximum absolute atomic E-state index is 14.7. The molecule has 0 spiro atoms. The minimum Gasteiger partial charge on any atom is -0.371 e. The lowest BCUT2D eigenvalue weighted by Gasteiger charge is -2.35. The first-order valence-electron chi connectivity index (χ1n) is 13.4. The number of hydrogen-bond acceptors (Lipinski definition) is 3. The lowest BCUT2D eigenvalue weighted by atomic mass is 9.88. The van der Waals surface area contributed by atoms with Crippen LogP contribution in [0.1, 0.15) is 47.4 Å². The van der Waals surface area contributed by atoms with Crippen molar-refractivity contribution in [2.24, 2.45) is 11.7 Å². The number of anilines is 2. The topological polar surface area (TPSA) is 86.9 Å². The fourth-order valence-corrected chi connectivity index (χ4v) is 5.74. The summed E-state index contributed by atoms with van der Waals surface area (Å²) in [6.45, 7) is 1.22. The average Bonchev–Trinajstić information content (AvgIpc) is 2.93. The van der Waals surface area contributed by atoms with E-state index in [2.05, 4.69) is 12.1 Å². The number of primary amides is 1. The number of hydrogen-bond donors (Lipinski definition) is 2. The first-order valence-corrected chi connectivity index (χ1v) is 14.4. The molecule has 1 saturated heterocycles. The summed E-state index contributed by atoms with van der Waals surface area (Å²) in [4.78, 5) is 14.3. The lowest BCUT2D eigenvalue weighted by molar-refractivity contribution is -0.137. The van der Waals surface area contributed by atoms with E-state index >= 15 is 0 Å². The zero-order chi connectivity index (χ0) is 29.7. The molecule has 3 aromatic carbocycles. The molecule has 0 bridgehead atoms. The SMILES string of the molecule is CN(c1ccc(C(CCc2ccc(C(F)(F)F)cc2N2CCC(Cc3ccccc3)CC2)C(N)=O)cc1F)S(=O)O. The molecule has 1 heterocycles. The molecule has 0 aliphatic carbocycles. The van der Waals surface area contributed by atoms with Crippen LogP contribution in [0.25, 0.3) is 0 Å². The van der Waals surface area contributed by atoms with Gasteiger partial charge in [0.15, 0.2) is 0 Å². The molecule has 3 aromatic rings. The van der Waals surface area contributed by atoms with Gasteiger partial charge in [-0.3, -0.25) is 13.7 Å². The molecule has 2 unspecified atom stereocenters. The summed E-state index contributed by atoms with van der Waals surface area (Å²) in [5.74, 6) is -1.98. The summed E-state index contributed by atoms with van der Waals surface area (Å²) in [6.07, 6.45) is -1.50. The minimum atomic E-state index is -4.50. The van der Waals surface area contributed by atoms with Gasteiger partial charge in [0.2, 0.25) is 5.91 Å². The van der Waals surface area contributed by atoms with Crippen LogP contribution in [0.5, 0.6) is 0 Å². The summed E-state index contributed by atoms with van der Waals surface area (Å²) in [7, 11) is 1.25. The van der Waals surface area contributed by atoms with Gasteiger partial charge in [0.1, 0.15) is 5.82 Å². The van der Waals surface area contributed by atoms with Gasteiger partial charge < -0.3 is 10.6 Å². The summed E-state index contributed by atoms with van der Waals surface area (Å²) < 4.78 is 77.0. The number of amides is 1. The van der Waals surface area contributed by atoms with E-state index in [-0.39, 0.29) is 24.1 Å². The molecule has 1 amide bonds. The minimum absolute atomic E-state index is 0.126. The molecular formula is C30H33F4N3O3S. The lowest BCUT2D eigenvalue weighted by Crippen LogP contribution is -2.35. The number of nitrogens with zero attached hydrogens (tertiary/aromatic N) is 2. The number of rotatable bonds is 10. The molecule has 3 N–H and O–H groups in total. The van der Waals surface area contributed by atoms with Crippen molar-refractivity contribution in [2.45, 2.75) is 44.2 Å². The molecule has 1 aliphatic rings. The van der Waals surface area contributed by atoms with Crippen LogP contribution in [0.15, 0.2) is 66.7 Å². The summed E-state index contributed by atoms with van der Waals surface area (Å²) in [5.41, 5.74) is 7.44. The quantitative estimate of drug-likeness (QED) is 0.221. The number of halogens is 4. The van der Waals surface area contributed by atoms with Crippen molar-refractivity contribution in [3.05, 3.63) is 94.8 Å². The Morgan fingerprint density at radius 2 is 1.78 bits per heavy atom. The molecule has 4 rings (SSSR count). The first-order chi connectivity index (χ1) is 19.4. The number of aryl methyl sites for hydroxylation is 1. The highest BCUT2D eigenvalue weighted by molar-refractivity contribution is 7.80. The molecule has 0 saturated carbocycles. The highest BCUT2D eigenvalue weighted by Crippen LogP contribution is 2.37. The van der Waals surface area contributed by atoms with Crippen LogP contribution in [0.2, 0.25) is 0 Å². The number of benzene rings is 3. The summed E-state index contributed by atoms with van der Waals surface area (Å²) >= 11 is -2.44. The van der Waals surface area contributed by atoms with Gasteiger partial charge in [-0.15, -0.1) is 0 Å². The fourth-order valence-electron chi connectivity index (χ4n) is 5.42. The van der Waals surface area contributed by atoms with Gasteiger partial charge in [0.25, 0.3) is 11.3 Å². The zero-order valence-electron chi connectivity index (χ0n) is 22.6. The van der Waals surface area contributed by atoms with E-state index < -0.39 is 40.6 Å². The fraction of sp³-hybridized carbons (Fsp3) is 0.367. The van der Waals surface area contributed by atoms with E-state index in [1.165, 1.54) is 36.9 Å². The molecule has 2 atom stereocenters. The van der Waals surface area contributed by atoms with Crippen molar-refractivity contribution in [3.63, 3.8) is 0 Å². The Balaban J connectivity index is 1.53. The molecule has 220 valence electrons. The third kappa shape index (κ3) is 7.65. The molecular weight excluding hydrogens is 558 g/mol. The van der Waals surface area contributed by atoms with E-state index in [0.717, 1.165) is 35.7 Å². The number of piperidine rings is 1. The Kier molecular flexibility index (Phi) is 9.70. The van der Waals surface area contributed by atoms with Gasteiger partial charge in [0, 0.05) is 25.8 Å². The number of nitrogens with two attached hydrogens (primary N) is 1. The van der Waals surface area contributed by atoms with E-state index in [0.29, 0.717) is 30.3 Å². The normalized spacial score (nSPS) is 15.9. The van der Waals surface area contributed by atoms with E-state index in [1.807, 2.05) is 23.1 Å². The third-order valence-electron chi connectivity index (χ3n) is 7.73. The van der Waals surface area contributed by atoms with Crippen LogP contribution in [0.3, 0.4) is 0 Å². The summed E-state index contributed by atoms with van der Waals surface area (Å²) in [6, 6.07) is 17.6. The largest absolute Gasteiger partial charge is 0.416 e. The third-order valence-corrected chi connectivity index (χ3v) is 8.39. The highest BCUT2D eigenvalue weighted by Gasteiger charge is 2.32. The standard InChI is InChI=1S/C30H33F4N3O3S/c1-36(41(39)40)27-12-9-23(18-26(27)31)25(29(35)38)11-8-22-7-10-24(30(32,33)34)19-28(22)37-15-13-21(14-16-37)17-20-5-3-2-4-6-20/h2-7,9-10,12,18-19,21,25H,8,11,13-17H2,1H3,(H2,35,38)(H,39,40). The Labute approximate surface area is 239 Å². The van der Waals surface area contributed by atoms with Gasteiger partial charge >= 0.3 is 6.18 Å². The number of carbonyl (C=O) groups is 1. The van der Waals surface area contributed by atoms with Gasteiger partial charge in [-0.1, -0.05) is 42.5 Å². The summed E-state index contributed by atoms with van der Waals surface area (Å²) in [5, 5.41) is 0. The molecule has 0 aromatic heterocycles. The highest BCUT2D eigenvalue weighted by atomic mass is 32.2.